The van der Waals surface area contributed by atoms with Crippen LogP contribution in [0.4, 0.5) is 0 Å². The highest BCUT2D eigenvalue weighted by molar-refractivity contribution is 5.74. The van der Waals surface area contributed by atoms with Gasteiger partial charge >= 0.3 is 0 Å². The van der Waals surface area contributed by atoms with Crippen LogP contribution in [0.1, 0.15) is 11.1 Å². The lowest BCUT2D eigenvalue weighted by molar-refractivity contribution is 0.322. The van der Waals surface area contributed by atoms with Crippen molar-refractivity contribution in [2.75, 3.05) is 13.7 Å². The fraction of sp³-hybridized carbons (Fsp3) is 0.208. The molecule has 142 valence electrons. The molecule has 0 saturated heterocycles. The molecule has 1 aromatic heterocycles. The molecule has 4 rings (SSSR count). The van der Waals surface area contributed by atoms with Gasteiger partial charge in [0.05, 0.1) is 31.1 Å². The molecule has 4 nitrogen and oxygen atoms in total. The van der Waals surface area contributed by atoms with Gasteiger partial charge in [0.2, 0.25) is 0 Å². The van der Waals surface area contributed by atoms with Crippen LogP contribution in [0.25, 0.3) is 11.0 Å². The number of hydrogen-bond acceptors (Lipinski definition) is 3. The van der Waals surface area contributed by atoms with Crippen molar-refractivity contribution in [2.24, 2.45) is 0 Å². The summed E-state index contributed by atoms with van der Waals surface area (Å²) in [7, 11) is 1.68. The average molecular weight is 372 g/mol. The molecule has 0 N–H and O–H groups in total. The van der Waals surface area contributed by atoms with Gasteiger partial charge < -0.3 is 14.0 Å². The molecule has 0 saturated carbocycles. The molecule has 4 heteroatoms. The van der Waals surface area contributed by atoms with Gasteiger partial charge in [0.25, 0.3) is 0 Å². The van der Waals surface area contributed by atoms with Gasteiger partial charge in [-0.25, -0.2) is 4.98 Å². The Kier molecular flexibility index (Phi) is 5.57. The van der Waals surface area contributed by atoms with E-state index in [0.29, 0.717) is 6.61 Å². The lowest BCUT2D eigenvalue weighted by Crippen LogP contribution is -2.02. The Morgan fingerprint density at radius 3 is 2.21 bits per heavy atom. The third kappa shape index (κ3) is 4.34. The molecule has 0 atom stereocenters. The van der Waals surface area contributed by atoms with E-state index in [2.05, 4.69) is 58.1 Å². The topological polar surface area (TPSA) is 36.3 Å². The van der Waals surface area contributed by atoms with Crippen molar-refractivity contribution in [1.82, 2.24) is 9.55 Å². The maximum Gasteiger partial charge on any atom is 0.119 e. The first-order valence-corrected chi connectivity index (χ1v) is 9.56. The average Bonchev–Trinajstić information content (AvgIpc) is 3.17. The van der Waals surface area contributed by atoms with Crippen molar-refractivity contribution >= 4 is 11.0 Å². The third-order valence-corrected chi connectivity index (χ3v) is 4.91. The third-order valence-electron chi connectivity index (χ3n) is 4.91. The van der Waals surface area contributed by atoms with E-state index < -0.39 is 0 Å². The molecule has 0 bridgehead atoms. The normalized spacial score (nSPS) is 10.9. The van der Waals surface area contributed by atoms with Crippen LogP contribution in [0.3, 0.4) is 0 Å². The fourth-order valence-corrected chi connectivity index (χ4v) is 3.27. The lowest BCUT2D eigenvalue weighted by atomic mass is 10.1. The van der Waals surface area contributed by atoms with Gasteiger partial charge in [0, 0.05) is 13.0 Å². The summed E-state index contributed by atoms with van der Waals surface area (Å²) in [6.07, 6.45) is 3.76. The maximum absolute atomic E-state index is 5.88. The Balaban J connectivity index is 1.27. The van der Waals surface area contributed by atoms with E-state index in [-0.39, 0.29) is 0 Å². The minimum Gasteiger partial charge on any atom is -0.497 e. The van der Waals surface area contributed by atoms with Crippen molar-refractivity contribution in [3.05, 3.63) is 90.3 Å². The predicted molar refractivity (Wildman–Crippen MR) is 112 cm³/mol. The van der Waals surface area contributed by atoms with Crippen LogP contribution < -0.4 is 9.47 Å². The number of benzene rings is 3. The van der Waals surface area contributed by atoms with Crippen molar-refractivity contribution < 1.29 is 9.47 Å². The predicted octanol–water partition coefficient (Wildman–Crippen LogP) is 4.91. The second-order valence-electron chi connectivity index (χ2n) is 6.77. The summed E-state index contributed by atoms with van der Waals surface area (Å²) in [4.78, 5) is 4.45. The number of imidazole rings is 1. The van der Waals surface area contributed by atoms with E-state index in [1.165, 1.54) is 16.6 Å². The first kappa shape index (κ1) is 18.1. The molecule has 0 spiro atoms. The van der Waals surface area contributed by atoms with Crippen LogP contribution in [0.15, 0.2) is 79.1 Å². The largest absolute Gasteiger partial charge is 0.497 e. The van der Waals surface area contributed by atoms with E-state index in [1.54, 1.807) is 7.11 Å². The number of aryl methyl sites for hydroxylation is 2. The zero-order chi connectivity index (χ0) is 19.2. The first-order valence-electron chi connectivity index (χ1n) is 9.56. The number of methoxy groups -OCH3 is 1. The summed E-state index contributed by atoms with van der Waals surface area (Å²) in [6, 6.07) is 24.7. The Hall–Kier alpha value is -3.27. The molecular formula is C24H24N2O2. The molecule has 0 aliphatic carbocycles. The van der Waals surface area contributed by atoms with E-state index in [1.807, 2.05) is 30.6 Å². The highest BCUT2D eigenvalue weighted by Gasteiger charge is 2.02. The molecule has 1 heterocycles. The van der Waals surface area contributed by atoms with E-state index in [9.17, 15) is 0 Å². The summed E-state index contributed by atoms with van der Waals surface area (Å²) in [6.45, 7) is 1.57. The van der Waals surface area contributed by atoms with Gasteiger partial charge in [-0.2, -0.15) is 0 Å². The number of fused-ring (bicyclic) bond motifs is 1. The molecular weight excluding hydrogens is 348 g/mol. The van der Waals surface area contributed by atoms with Crippen LogP contribution in [0.5, 0.6) is 11.5 Å². The Morgan fingerprint density at radius 2 is 1.46 bits per heavy atom. The number of ether oxygens (including phenoxy) is 2. The summed E-state index contributed by atoms with van der Waals surface area (Å²) < 4.78 is 13.3. The van der Waals surface area contributed by atoms with Gasteiger partial charge in [-0.15, -0.1) is 0 Å². The maximum atomic E-state index is 5.88. The number of aromatic nitrogens is 2. The number of rotatable bonds is 8. The van der Waals surface area contributed by atoms with E-state index >= 15 is 0 Å². The van der Waals surface area contributed by atoms with Crippen LogP contribution in [0, 0.1) is 0 Å². The Labute approximate surface area is 165 Å². The van der Waals surface area contributed by atoms with Gasteiger partial charge in [-0.3, -0.25) is 0 Å². The van der Waals surface area contributed by atoms with Crippen LogP contribution in [-0.2, 0) is 19.4 Å². The van der Waals surface area contributed by atoms with Crippen molar-refractivity contribution in [3.63, 3.8) is 0 Å². The number of hydrogen-bond donors (Lipinski definition) is 0. The van der Waals surface area contributed by atoms with Crippen LogP contribution >= 0.6 is 0 Å². The quantitative estimate of drug-likeness (QED) is 0.441. The number of nitrogens with zero attached hydrogens (tertiary/aromatic N) is 2. The lowest BCUT2D eigenvalue weighted by Gasteiger charge is -2.09. The smallest absolute Gasteiger partial charge is 0.119 e. The fourth-order valence-electron chi connectivity index (χ4n) is 3.27. The number of para-hydroxylation sites is 2. The second kappa shape index (κ2) is 8.61. The van der Waals surface area contributed by atoms with Crippen molar-refractivity contribution in [1.29, 1.82) is 0 Å². The van der Waals surface area contributed by atoms with Gasteiger partial charge in [-0.1, -0.05) is 36.4 Å². The second-order valence-corrected chi connectivity index (χ2v) is 6.77. The van der Waals surface area contributed by atoms with Gasteiger partial charge in [-0.05, 0) is 53.9 Å². The van der Waals surface area contributed by atoms with Crippen LogP contribution in [-0.4, -0.2) is 23.3 Å². The zero-order valence-corrected chi connectivity index (χ0v) is 16.0. The Morgan fingerprint density at radius 1 is 0.786 bits per heavy atom. The SMILES string of the molecule is COc1ccc(CCOc2ccc(CCn3cnc4ccccc43)cc2)cc1. The highest BCUT2D eigenvalue weighted by Crippen LogP contribution is 2.17. The van der Waals surface area contributed by atoms with Crippen molar-refractivity contribution in [3.8, 4) is 11.5 Å². The summed E-state index contributed by atoms with van der Waals surface area (Å²) in [5.74, 6) is 1.79. The summed E-state index contributed by atoms with van der Waals surface area (Å²) in [5.41, 5.74) is 4.76. The molecule has 0 aliphatic heterocycles. The first-order chi connectivity index (χ1) is 13.8. The zero-order valence-electron chi connectivity index (χ0n) is 16.0. The standard InChI is InChI=1S/C24H24N2O2/c1-27-21-10-6-20(7-11-21)15-17-28-22-12-8-19(9-13-22)14-16-26-18-25-23-4-2-3-5-24(23)26/h2-13,18H,14-17H2,1H3. The van der Waals surface area contributed by atoms with Crippen LogP contribution in [0.2, 0.25) is 0 Å². The minimum atomic E-state index is 0.659. The monoisotopic (exact) mass is 372 g/mol. The molecule has 28 heavy (non-hydrogen) atoms. The van der Waals surface area contributed by atoms with E-state index in [0.717, 1.165) is 36.4 Å². The molecule has 3 aromatic carbocycles. The Bertz CT molecular complexity index is 1020. The molecule has 4 aromatic rings. The van der Waals surface area contributed by atoms with E-state index in [4.69, 9.17) is 9.47 Å². The highest BCUT2D eigenvalue weighted by atomic mass is 16.5. The molecule has 0 amide bonds. The van der Waals surface area contributed by atoms with Crippen molar-refractivity contribution in [2.45, 2.75) is 19.4 Å². The molecule has 0 radical (unpaired) electrons. The summed E-state index contributed by atoms with van der Waals surface area (Å²) >= 11 is 0. The minimum absolute atomic E-state index is 0.659. The molecule has 0 unspecified atom stereocenters. The van der Waals surface area contributed by atoms with Gasteiger partial charge in [0.1, 0.15) is 11.5 Å². The molecule has 0 aliphatic rings. The summed E-state index contributed by atoms with van der Waals surface area (Å²) in [5, 5.41) is 0. The molecule has 0 fully saturated rings. The van der Waals surface area contributed by atoms with Gasteiger partial charge in [0.15, 0.2) is 0 Å².